The monoisotopic (exact) mass is 427 g/mol. The van der Waals surface area contributed by atoms with Crippen LogP contribution in [-0.4, -0.2) is 40.8 Å². The minimum absolute atomic E-state index is 0.0245. The van der Waals surface area contributed by atoms with Crippen molar-refractivity contribution in [2.45, 2.75) is 50.9 Å². The van der Waals surface area contributed by atoms with E-state index < -0.39 is 12.0 Å². The van der Waals surface area contributed by atoms with Crippen LogP contribution in [-0.2, 0) is 4.79 Å². The van der Waals surface area contributed by atoms with Gasteiger partial charge in [-0.25, -0.2) is 4.79 Å². The van der Waals surface area contributed by atoms with Crippen molar-refractivity contribution in [3.05, 3.63) is 53.6 Å². The third-order valence-corrected chi connectivity index (χ3v) is 5.25. The zero-order chi connectivity index (χ0) is 22.4. The van der Waals surface area contributed by atoms with Crippen LogP contribution < -0.4 is 20.5 Å². The van der Waals surface area contributed by atoms with E-state index in [1.54, 1.807) is 42.5 Å². The summed E-state index contributed by atoms with van der Waals surface area (Å²) in [6, 6.07) is 10.8. The number of ether oxygens (including phenoxy) is 2. The van der Waals surface area contributed by atoms with E-state index in [9.17, 15) is 15.0 Å². The van der Waals surface area contributed by atoms with E-state index in [1.807, 2.05) is 6.92 Å². The van der Waals surface area contributed by atoms with Crippen LogP contribution in [0.15, 0.2) is 42.5 Å². The van der Waals surface area contributed by atoms with Crippen LogP contribution in [0.25, 0.3) is 0 Å². The van der Waals surface area contributed by atoms with Crippen molar-refractivity contribution in [3.8, 4) is 11.5 Å². The summed E-state index contributed by atoms with van der Waals surface area (Å²) in [5.74, 6) is -0.0213. The molecule has 2 aromatic rings. The van der Waals surface area contributed by atoms with E-state index in [2.05, 4.69) is 5.32 Å². The van der Waals surface area contributed by atoms with Crippen molar-refractivity contribution in [3.63, 3.8) is 0 Å². The number of hydrogen-bond donors (Lipinski definition) is 5. The largest absolute Gasteiger partial charge is 0.494 e. The highest BCUT2D eigenvalue weighted by molar-refractivity contribution is 5.95. The number of nitrogen functional groups attached to an aromatic ring is 1. The average Bonchev–Trinajstić information content (AvgIpc) is 2.74. The number of aliphatic carboxylic acids is 1. The Kier molecular flexibility index (Phi) is 7.36. The maximum Gasteiger partial charge on any atom is 0.330 e. The molecule has 1 aliphatic carbocycles. The number of nitrogens with one attached hydrogen (secondary N) is 2. The molecule has 1 unspecified atom stereocenters. The zero-order valence-corrected chi connectivity index (χ0v) is 17.5. The summed E-state index contributed by atoms with van der Waals surface area (Å²) in [6.45, 7) is 2.30. The van der Waals surface area contributed by atoms with Gasteiger partial charge >= 0.3 is 5.97 Å². The highest BCUT2D eigenvalue weighted by Gasteiger charge is 2.24. The summed E-state index contributed by atoms with van der Waals surface area (Å²) in [5, 5.41) is 30.1. The summed E-state index contributed by atoms with van der Waals surface area (Å²) in [4.78, 5) is 12.1. The first-order chi connectivity index (χ1) is 14.9. The number of nitrogens with two attached hydrogens (primary N) is 1. The first-order valence-electron chi connectivity index (χ1n) is 10.4. The molecule has 0 bridgehead atoms. The van der Waals surface area contributed by atoms with Gasteiger partial charge in [0.2, 0.25) is 0 Å². The standard InChI is InChI=1S/C23H29N3O5/c1-2-30-19-11-15(12-20(13-19)31-18-9-7-17(27)8-10-18)21(23(28)29)26-16-5-3-14(4-6-16)22(24)25/h3-6,11-13,17-18,21,26-27H,2,7-10H2,1H3,(H3,24,25)(H,28,29). The van der Waals surface area contributed by atoms with Gasteiger partial charge in [0.15, 0.2) is 6.04 Å². The molecule has 0 aromatic heterocycles. The number of carboxylic acids is 1. The summed E-state index contributed by atoms with van der Waals surface area (Å²) < 4.78 is 11.7. The lowest BCUT2D eigenvalue weighted by molar-refractivity contribution is -0.138. The third-order valence-electron chi connectivity index (χ3n) is 5.25. The van der Waals surface area contributed by atoms with E-state index in [4.69, 9.17) is 20.6 Å². The van der Waals surface area contributed by atoms with Gasteiger partial charge in [0.05, 0.1) is 18.8 Å². The Morgan fingerprint density at radius 2 is 1.81 bits per heavy atom. The van der Waals surface area contributed by atoms with Gasteiger partial charge in [-0.05, 0) is 74.6 Å². The van der Waals surface area contributed by atoms with Gasteiger partial charge in [-0.3, -0.25) is 5.41 Å². The number of carbonyl (C=O) groups is 1. The van der Waals surface area contributed by atoms with Crippen molar-refractivity contribution in [2.24, 2.45) is 5.73 Å². The minimum atomic E-state index is -1.05. The summed E-state index contributed by atoms with van der Waals surface area (Å²) in [7, 11) is 0. The molecule has 8 nitrogen and oxygen atoms in total. The molecule has 0 aliphatic heterocycles. The number of hydrogen-bond acceptors (Lipinski definition) is 6. The van der Waals surface area contributed by atoms with Gasteiger partial charge < -0.3 is 30.7 Å². The lowest BCUT2D eigenvalue weighted by atomic mass is 9.95. The van der Waals surface area contributed by atoms with Crippen LogP contribution in [0.5, 0.6) is 11.5 Å². The molecular formula is C23H29N3O5. The third kappa shape index (κ3) is 6.11. The molecule has 3 rings (SSSR count). The van der Waals surface area contributed by atoms with Crippen LogP contribution in [0.4, 0.5) is 5.69 Å². The van der Waals surface area contributed by atoms with Crippen LogP contribution in [0, 0.1) is 5.41 Å². The van der Waals surface area contributed by atoms with E-state index in [0.717, 1.165) is 12.8 Å². The van der Waals surface area contributed by atoms with E-state index in [-0.39, 0.29) is 18.0 Å². The van der Waals surface area contributed by atoms with Crippen LogP contribution >= 0.6 is 0 Å². The normalized spacial score (nSPS) is 19.3. The van der Waals surface area contributed by atoms with Gasteiger partial charge in [0.25, 0.3) is 0 Å². The van der Waals surface area contributed by atoms with E-state index in [0.29, 0.717) is 47.8 Å². The zero-order valence-electron chi connectivity index (χ0n) is 17.5. The molecule has 8 heteroatoms. The van der Waals surface area contributed by atoms with Crippen molar-refractivity contribution in [1.82, 2.24) is 0 Å². The van der Waals surface area contributed by atoms with Crippen LogP contribution in [0.1, 0.15) is 49.8 Å². The number of aliphatic hydroxyl groups excluding tert-OH is 1. The van der Waals surface area contributed by atoms with Gasteiger partial charge in [0, 0.05) is 17.3 Å². The Morgan fingerprint density at radius 1 is 1.16 bits per heavy atom. The first-order valence-corrected chi connectivity index (χ1v) is 10.4. The summed E-state index contributed by atoms with van der Waals surface area (Å²) in [6.07, 6.45) is 2.58. The fourth-order valence-corrected chi connectivity index (χ4v) is 3.63. The highest BCUT2D eigenvalue weighted by atomic mass is 16.5. The Balaban J connectivity index is 1.84. The molecule has 31 heavy (non-hydrogen) atoms. The molecular weight excluding hydrogens is 398 g/mol. The van der Waals surface area contributed by atoms with Gasteiger partial charge in [-0.1, -0.05) is 0 Å². The minimum Gasteiger partial charge on any atom is -0.494 e. The maximum atomic E-state index is 12.1. The van der Waals surface area contributed by atoms with Crippen molar-refractivity contribution in [2.75, 3.05) is 11.9 Å². The molecule has 0 heterocycles. The fraction of sp³-hybridized carbons (Fsp3) is 0.391. The van der Waals surface area contributed by atoms with Crippen LogP contribution in [0.3, 0.4) is 0 Å². The van der Waals surface area contributed by atoms with Crippen LogP contribution in [0.2, 0.25) is 0 Å². The lowest BCUT2D eigenvalue weighted by Crippen LogP contribution is -2.26. The molecule has 1 aliphatic rings. The Hall–Kier alpha value is -3.26. The predicted octanol–water partition coefficient (Wildman–Crippen LogP) is 3.29. The highest BCUT2D eigenvalue weighted by Crippen LogP contribution is 2.32. The molecule has 0 amide bonds. The Labute approximate surface area is 181 Å². The molecule has 1 atom stereocenters. The molecule has 1 fully saturated rings. The second-order valence-corrected chi connectivity index (χ2v) is 7.63. The number of anilines is 1. The first kappa shape index (κ1) is 22.4. The van der Waals surface area contributed by atoms with Crippen molar-refractivity contribution >= 4 is 17.5 Å². The van der Waals surface area contributed by atoms with Gasteiger partial charge in [-0.2, -0.15) is 0 Å². The number of carboxylic acid groups (broad SMARTS) is 1. The summed E-state index contributed by atoms with van der Waals surface area (Å²) in [5.41, 5.74) is 7.12. The SMILES string of the molecule is CCOc1cc(OC2CCC(O)CC2)cc(C(Nc2ccc(C(=N)N)cc2)C(=O)O)c1. The molecule has 1 saturated carbocycles. The molecule has 0 spiro atoms. The number of aliphatic hydroxyl groups is 1. The Bertz CT molecular complexity index is 908. The molecule has 0 radical (unpaired) electrons. The van der Waals surface area contributed by atoms with E-state index in [1.165, 1.54) is 0 Å². The molecule has 2 aromatic carbocycles. The topological polar surface area (TPSA) is 138 Å². The molecule has 0 saturated heterocycles. The van der Waals surface area contributed by atoms with Gasteiger partial charge in [-0.15, -0.1) is 0 Å². The van der Waals surface area contributed by atoms with Crippen molar-refractivity contribution < 1.29 is 24.5 Å². The predicted molar refractivity (Wildman–Crippen MR) is 118 cm³/mol. The fourth-order valence-electron chi connectivity index (χ4n) is 3.63. The Morgan fingerprint density at radius 3 is 2.39 bits per heavy atom. The second-order valence-electron chi connectivity index (χ2n) is 7.63. The summed E-state index contributed by atoms with van der Waals surface area (Å²) >= 11 is 0. The molecule has 6 N–H and O–H groups in total. The van der Waals surface area contributed by atoms with Crippen molar-refractivity contribution in [1.29, 1.82) is 5.41 Å². The molecule has 166 valence electrons. The number of benzene rings is 2. The second kappa shape index (κ2) is 10.2. The lowest BCUT2D eigenvalue weighted by Gasteiger charge is -2.27. The number of amidine groups is 1. The van der Waals surface area contributed by atoms with E-state index >= 15 is 0 Å². The quantitative estimate of drug-likeness (QED) is 0.306. The van der Waals surface area contributed by atoms with Gasteiger partial charge in [0.1, 0.15) is 17.3 Å². The maximum absolute atomic E-state index is 12.1. The smallest absolute Gasteiger partial charge is 0.330 e. The number of rotatable bonds is 9. The average molecular weight is 428 g/mol.